The third kappa shape index (κ3) is 5.18. The van der Waals surface area contributed by atoms with Crippen LogP contribution < -0.4 is 10.1 Å². The minimum absolute atomic E-state index is 0.248. The quantitative estimate of drug-likeness (QED) is 0.545. The lowest BCUT2D eigenvalue weighted by Crippen LogP contribution is -2.62. The third-order valence-corrected chi connectivity index (χ3v) is 6.46. The smallest absolute Gasteiger partial charge is 0.304 e. The fourth-order valence-corrected chi connectivity index (χ4v) is 4.72. The Morgan fingerprint density at radius 3 is 2.88 bits per heavy atom. The molecule has 0 aliphatic carbocycles. The fourth-order valence-electron chi connectivity index (χ4n) is 4.72. The molecule has 4 rings (SSSR count). The average molecular weight is 443 g/mol. The van der Waals surface area contributed by atoms with E-state index in [4.69, 9.17) is 9.72 Å². The summed E-state index contributed by atoms with van der Waals surface area (Å²) in [4.78, 5) is 22.3. The highest BCUT2D eigenvalue weighted by Crippen LogP contribution is 2.41. The monoisotopic (exact) mass is 442 g/mol. The van der Waals surface area contributed by atoms with Gasteiger partial charge >= 0.3 is 5.97 Å². The number of methoxy groups -OCH3 is 1. The van der Waals surface area contributed by atoms with Crippen LogP contribution in [0.25, 0.3) is 0 Å². The van der Waals surface area contributed by atoms with Crippen molar-refractivity contribution in [1.82, 2.24) is 14.9 Å². The summed E-state index contributed by atoms with van der Waals surface area (Å²) in [7, 11) is 1.51. The van der Waals surface area contributed by atoms with Gasteiger partial charge in [-0.05, 0) is 55.8 Å². The molecule has 0 radical (unpaired) electrons. The first-order valence-corrected chi connectivity index (χ1v) is 11.3. The summed E-state index contributed by atoms with van der Waals surface area (Å²) < 4.78 is 20.7. The second kappa shape index (κ2) is 9.81. The van der Waals surface area contributed by atoms with Crippen LogP contribution in [0.4, 0.5) is 10.2 Å². The molecule has 8 heteroatoms. The number of aliphatic carboxylic acids is 1. The van der Waals surface area contributed by atoms with Crippen molar-refractivity contribution in [3.63, 3.8) is 0 Å². The van der Waals surface area contributed by atoms with Crippen LogP contribution in [0.2, 0.25) is 0 Å². The first-order valence-electron chi connectivity index (χ1n) is 11.3. The van der Waals surface area contributed by atoms with E-state index >= 15 is 4.39 Å². The molecule has 2 aromatic rings. The minimum Gasteiger partial charge on any atom is -0.481 e. The molecular formula is C24H31FN4O3. The maximum atomic E-state index is 15.6. The van der Waals surface area contributed by atoms with Crippen LogP contribution in [0, 0.1) is 0 Å². The number of hydrogen-bond donors (Lipinski definition) is 2. The Morgan fingerprint density at radius 2 is 2.16 bits per heavy atom. The van der Waals surface area contributed by atoms with Gasteiger partial charge in [-0.25, -0.2) is 14.4 Å². The van der Waals surface area contributed by atoms with Gasteiger partial charge in [0.25, 0.3) is 0 Å². The van der Waals surface area contributed by atoms with Crippen molar-refractivity contribution in [2.75, 3.05) is 38.6 Å². The molecule has 2 aliphatic heterocycles. The number of pyridine rings is 2. The standard InChI is InChI=1S/C24H31FN4O3/c1-32-21-10-8-18(14-27-21)20(13-22(30)31)24(25)15-29(16-24)12-3-2-6-19-9-7-17-5-4-11-26-23(17)28-19/h7-10,14,20H,2-6,11-13,15-16H2,1H3,(H,26,28)(H,30,31)/t20-/m0/s1. The van der Waals surface area contributed by atoms with E-state index in [1.165, 1.54) is 18.9 Å². The predicted molar refractivity (Wildman–Crippen MR) is 120 cm³/mol. The van der Waals surface area contributed by atoms with Gasteiger partial charge in [-0.15, -0.1) is 0 Å². The Balaban J connectivity index is 1.26. The Labute approximate surface area is 188 Å². The second-order valence-electron chi connectivity index (χ2n) is 8.83. The van der Waals surface area contributed by atoms with Crippen LogP contribution in [0.3, 0.4) is 0 Å². The van der Waals surface area contributed by atoms with Gasteiger partial charge in [0.05, 0.1) is 13.5 Å². The number of carboxylic acid groups (broad SMARTS) is 1. The number of halogens is 1. The summed E-state index contributed by atoms with van der Waals surface area (Å²) >= 11 is 0. The van der Waals surface area contributed by atoms with E-state index in [0.29, 0.717) is 11.4 Å². The number of alkyl halides is 1. The van der Waals surface area contributed by atoms with Gasteiger partial charge in [-0.2, -0.15) is 0 Å². The first kappa shape index (κ1) is 22.5. The molecule has 2 N–H and O–H groups in total. The molecule has 0 bridgehead atoms. The number of anilines is 1. The van der Waals surface area contributed by atoms with Gasteiger partial charge in [0.15, 0.2) is 0 Å². The van der Waals surface area contributed by atoms with Crippen molar-refractivity contribution in [2.45, 2.75) is 50.1 Å². The Hall–Kier alpha value is -2.74. The lowest BCUT2D eigenvalue weighted by atomic mass is 9.76. The lowest BCUT2D eigenvalue weighted by Gasteiger charge is -2.48. The van der Waals surface area contributed by atoms with E-state index in [2.05, 4.69) is 27.3 Å². The third-order valence-electron chi connectivity index (χ3n) is 6.46. The van der Waals surface area contributed by atoms with Crippen molar-refractivity contribution in [2.24, 2.45) is 0 Å². The minimum atomic E-state index is -1.56. The number of rotatable bonds is 10. The van der Waals surface area contributed by atoms with Crippen LogP contribution >= 0.6 is 0 Å². The SMILES string of the molecule is COc1ccc([C@H](CC(=O)O)C2(F)CN(CCCCc3ccc4c(n3)NCCC4)C2)cn1. The van der Waals surface area contributed by atoms with E-state index in [9.17, 15) is 9.90 Å². The number of ether oxygens (including phenoxy) is 1. The number of fused-ring (bicyclic) bond motifs is 1. The molecule has 2 aromatic heterocycles. The van der Waals surface area contributed by atoms with Gasteiger partial charge < -0.3 is 15.2 Å². The van der Waals surface area contributed by atoms with Crippen LogP contribution in [0.1, 0.15) is 48.4 Å². The molecule has 0 unspecified atom stereocenters. The van der Waals surface area contributed by atoms with Crippen LogP contribution in [-0.4, -0.2) is 64.9 Å². The number of nitrogens with one attached hydrogen (secondary N) is 1. The van der Waals surface area contributed by atoms with Crippen molar-refractivity contribution in [1.29, 1.82) is 0 Å². The van der Waals surface area contributed by atoms with Crippen LogP contribution in [-0.2, 0) is 17.6 Å². The molecule has 7 nitrogen and oxygen atoms in total. The summed E-state index contributed by atoms with van der Waals surface area (Å²) in [6.07, 6.45) is 6.36. The summed E-state index contributed by atoms with van der Waals surface area (Å²) in [6, 6.07) is 7.65. The van der Waals surface area contributed by atoms with Gasteiger partial charge in [-0.1, -0.05) is 12.1 Å². The van der Waals surface area contributed by atoms with Gasteiger partial charge in [0.1, 0.15) is 11.5 Å². The topological polar surface area (TPSA) is 87.6 Å². The molecule has 1 fully saturated rings. The maximum absolute atomic E-state index is 15.6. The molecule has 0 spiro atoms. The highest BCUT2D eigenvalue weighted by molar-refractivity contribution is 5.68. The number of aromatic nitrogens is 2. The van der Waals surface area contributed by atoms with Gasteiger partial charge in [0.2, 0.25) is 5.88 Å². The number of aryl methyl sites for hydroxylation is 2. The molecule has 1 atom stereocenters. The summed E-state index contributed by atoms with van der Waals surface area (Å²) in [5.41, 5.74) is 1.43. The first-order chi connectivity index (χ1) is 15.5. The largest absolute Gasteiger partial charge is 0.481 e. The molecule has 0 amide bonds. The number of carbonyl (C=O) groups is 1. The molecule has 0 aromatic carbocycles. The molecule has 2 aliphatic rings. The fraction of sp³-hybridized carbons (Fsp3) is 0.542. The number of nitrogens with zero attached hydrogens (tertiary/aromatic N) is 3. The number of unbranched alkanes of at least 4 members (excludes halogenated alkanes) is 1. The average Bonchev–Trinajstić information content (AvgIpc) is 2.78. The Morgan fingerprint density at radius 1 is 1.31 bits per heavy atom. The summed E-state index contributed by atoms with van der Waals surface area (Å²) in [6.45, 7) is 2.28. The highest BCUT2D eigenvalue weighted by atomic mass is 19.1. The molecule has 0 saturated carbocycles. The van der Waals surface area contributed by atoms with Crippen LogP contribution in [0.15, 0.2) is 30.5 Å². The van der Waals surface area contributed by atoms with E-state index in [-0.39, 0.29) is 19.5 Å². The van der Waals surface area contributed by atoms with Crippen molar-refractivity contribution in [3.05, 3.63) is 47.3 Å². The predicted octanol–water partition coefficient (Wildman–Crippen LogP) is 3.45. The summed E-state index contributed by atoms with van der Waals surface area (Å²) in [5, 5.41) is 12.7. The van der Waals surface area contributed by atoms with Crippen molar-refractivity contribution >= 4 is 11.8 Å². The molecule has 4 heterocycles. The molecule has 32 heavy (non-hydrogen) atoms. The van der Waals surface area contributed by atoms with E-state index in [1.54, 1.807) is 12.1 Å². The molecule has 172 valence electrons. The lowest BCUT2D eigenvalue weighted by molar-refractivity contribution is -0.140. The molecular weight excluding hydrogens is 411 g/mol. The zero-order chi connectivity index (χ0) is 22.6. The van der Waals surface area contributed by atoms with Gasteiger partial charge in [-0.3, -0.25) is 9.69 Å². The second-order valence-corrected chi connectivity index (χ2v) is 8.83. The Kier molecular flexibility index (Phi) is 6.89. The zero-order valence-electron chi connectivity index (χ0n) is 18.5. The van der Waals surface area contributed by atoms with E-state index in [1.807, 2.05) is 0 Å². The normalized spacial score (nSPS) is 18.2. The highest BCUT2D eigenvalue weighted by Gasteiger charge is 2.50. The van der Waals surface area contributed by atoms with Gasteiger partial charge in [0, 0.05) is 43.5 Å². The number of hydrogen-bond acceptors (Lipinski definition) is 6. The summed E-state index contributed by atoms with van der Waals surface area (Å²) in [5.74, 6) is -0.276. The van der Waals surface area contributed by atoms with Crippen molar-refractivity contribution in [3.8, 4) is 5.88 Å². The van der Waals surface area contributed by atoms with Crippen LogP contribution in [0.5, 0.6) is 5.88 Å². The maximum Gasteiger partial charge on any atom is 0.304 e. The number of likely N-dealkylation sites (tertiary alicyclic amines) is 1. The van der Waals surface area contributed by atoms with Crippen molar-refractivity contribution < 1.29 is 19.0 Å². The Bertz CT molecular complexity index is 931. The van der Waals surface area contributed by atoms with E-state index < -0.39 is 17.6 Å². The zero-order valence-corrected chi connectivity index (χ0v) is 18.5. The van der Waals surface area contributed by atoms with E-state index in [0.717, 1.165) is 56.7 Å². The number of carboxylic acids is 1. The molecule has 1 saturated heterocycles.